The Bertz CT molecular complexity index is 704. The number of carbonyl (C=O) groups excluding carboxylic acids is 2. The van der Waals surface area contributed by atoms with Gasteiger partial charge in [0.05, 0.1) is 12.3 Å². The Balaban J connectivity index is 1.92. The van der Waals surface area contributed by atoms with E-state index in [0.717, 1.165) is 11.1 Å². The molecule has 132 valence electrons. The molecule has 0 radical (unpaired) electrons. The lowest BCUT2D eigenvalue weighted by molar-refractivity contribution is 0.139. The third-order valence-corrected chi connectivity index (χ3v) is 3.53. The molecule has 0 aliphatic heterocycles. The molecule has 2 rings (SSSR count). The second kappa shape index (κ2) is 9.32. The van der Waals surface area contributed by atoms with Gasteiger partial charge in [-0.15, -0.1) is 0 Å². The van der Waals surface area contributed by atoms with Crippen molar-refractivity contribution in [3.63, 3.8) is 0 Å². The molecule has 2 aromatic rings. The van der Waals surface area contributed by atoms with Crippen molar-refractivity contribution in [2.45, 2.75) is 20.1 Å². The maximum atomic E-state index is 11.9. The summed E-state index contributed by atoms with van der Waals surface area (Å²) in [6.07, 6.45) is -0.959. The van der Waals surface area contributed by atoms with Crippen LogP contribution in [0, 0.1) is 0 Å². The first-order chi connectivity index (χ1) is 12.1. The van der Waals surface area contributed by atoms with Crippen molar-refractivity contribution >= 4 is 17.9 Å². The van der Waals surface area contributed by atoms with Crippen LogP contribution >= 0.6 is 0 Å². The van der Waals surface area contributed by atoms with Crippen molar-refractivity contribution in [3.8, 4) is 0 Å². The zero-order valence-corrected chi connectivity index (χ0v) is 14.4. The Labute approximate surface area is 147 Å². The van der Waals surface area contributed by atoms with Crippen molar-refractivity contribution in [1.82, 2.24) is 5.32 Å². The summed E-state index contributed by atoms with van der Waals surface area (Å²) in [6, 6.07) is 16.7. The van der Waals surface area contributed by atoms with Crippen LogP contribution in [0.1, 0.15) is 18.1 Å². The molecule has 0 aliphatic carbocycles. The van der Waals surface area contributed by atoms with Gasteiger partial charge in [-0.25, -0.2) is 9.59 Å². The molecule has 0 spiro atoms. The minimum atomic E-state index is -0.516. The smallest absolute Gasteiger partial charge is 0.414 e. The SMILES string of the molecule is CCOC(=O)N(C)c1ccccc1CNC(=O)OCc1ccccc1. The molecule has 0 fully saturated rings. The number of rotatable bonds is 6. The molecule has 0 bridgehead atoms. The Morgan fingerprint density at radius 1 is 1.00 bits per heavy atom. The van der Waals surface area contributed by atoms with Gasteiger partial charge in [0.25, 0.3) is 0 Å². The van der Waals surface area contributed by atoms with E-state index >= 15 is 0 Å². The topological polar surface area (TPSA) is 67.9 Å². The standard InChI is InChI=1S/C19H22N2O4/c1-3-24-19(23)21(2)17-12-8-7-11-16(17)13-20-18(22)25-14-15-9-5-4-6-10-15/h4-12H,3,13-14H2,1-2H3,(H,20,22). The largest absolute Gasteiger partial charge is 0.449 e. The molecule has 0 saturated heterocycles. The van der Waals surface area contributed by atoms with E-state index in [2.05, 4.69) is 5.32 Å². The van der Waals surface area contributed by atoms with E-state index in [0.29, 0.717) is 12.3 Å². The first-order valence-electron chi connectivity index (χ1n) is 8.04. The molecule has 2 aromatic carbocycles. The average Bonchev–Trinajstić information content (AvgIpc) is 2.65. The van der Waals surface area contributed by atoms with E-state index in [-0.39, 0.29) is 13.2 Å². The lowest BCUT2D eigenvalue weighted by atomic mass is 10.1. The second-order valence-corrected chi connectivity index (χ2v) is 5.30. The lowest BCUT2D eigenvalue weighted by Crippen LogP contribution is -2.29. The van der Waals surface area contributed by atoms with E-state index < -0.39 is 12.2 Å². The summed E-state index contributed by atoms with van der Waals surface area (Å²) in [5, 5.41) is 2.70. The molecular formula is C19H22N2O4. The highest BCUT2D eigenvalue weighted by atomic mass is 16.6. The van der Waals surface area contributed by atoms with Gasteiger partial charge < -0.3 is 14.8 Å². The maximum Gasteiger partial charge on any atom is 0.414 e. The van der Waals surface area contributed by atoms with Crippen LogP contribution in [0.3, 0.4) is 0 Å². The number of carbonyl (C=O) groups is 2. The summed E-state index contributed by atoms with van der Waals surface area (Å²) in [5.74, 6) is 0. The molecule has 2 amide bonds. The maximum absolute atomic E-state index is 11.9. The van der Waals surface area contributed by atoms with Crippen LogP contribution in [0.4, 0.5) is 15.3 Å². The normalized spacial score (nSPS) is 10.0. The Morgan fingerprint density at radius 3 is 2.40 bits per heavy atom. The van der Waals surface area contributed by atoms with E-state index in [9.17, 15) is 9.59 Å². The van der Waals surface area contributed by atoms with Crippen LogP contribution in [0.2, 0.25) is 0 Å². The molecule has 1 N–H and O–H groups in total. The Kier molecular flexibility index (Phi) is 6.83. The fourth-order valence-corrected chi connectivity index (χ4v) is 2.25. The third kappa shape index (κ3) is 5.53. The highest BCUT2D eigenvalue weighted by Gasteiger charge is 2.15. The van der Waals surface area contributed by atoms with Gasteiger partial charge in [0, 0.05) is 13.6 Å². The van der Waals surface area contributed by atoms with E-state index in [4.69, 9.17) is 9.47 Å². The van der Waals surface area contributed by atoms with Gasteiger partial charge >= 0.3 is 12.2 Å². The van der Waals surface area contributed by atoms with Gasteiger partial charge in [-0.1, -0.05) is 48.5 Å². The zero-order valence-electron chi connectivity index (χ0n) is 14.4. The summed E-state index contributed by atoms with van der Waals surface area (Å²) in [6.45, 7) is 2.50. The van der Waals surface area contributed by atoms with Crippen LogP contribution in [0.5, 0.6) is 0 Å². The number of nitrogens with one attached hydrogen (secondary N) is 1. The highest BCUT2D eigenvalue weighted by Crippen LogP contribution is 2.19. The van der Waals surface area contributed by atoms with Crippen LogP contribution in [-0.4, -0.2) is 25.8 Å². The number of benzene rings is 2. The van der Waals surface area contributed by atoms with Gasteiger partial charge in [0.2, 0.25) is 0 Å². The summed E-state index contributed by atoms with van der Waals surface area (Å²) < 4.78 is 10.2. The minimum absolute atomic E-state index is 0.205. The second-order valence-electron chi connectivity index (χ2n) is 5.30. The van der Waals surface area contributed by atoms with Crippen LogP contribution in [0.25, 0.3) is 0 Å². The number of ether oxygens (including phenoxy) is 2. The number of nitrogens with zero attached hydrogens (tertiary/aromatic N) is 1. The van der Waals surface area contributed by atoms with E-state index in [1.54, 1.807) is 20.0 Å². The van der Waals surface area contributed by atoms with Gasteiger partial charge in [-0.2, -0.15) is 0 Å². The third-order valence-electron chi connectivity index (χ3n) is 3.53. The average molecular weight is 342 g/mol. The molecule has 0 heterocycles. The predicted molar refractivity (Wildman–Crippen MR) is 95.3 cm³/mol. The Morgan fingerprint density at radius 2 is 1.68 bits per heavy atom. The number of alkyl carbamates (subject to hydrolysis) is 1. The molecule has 6 heteroatoms. The van der Waals surface area contributed by atoms with Crippen molar-refractivity contribution in [1.29, 1.82) is 0 Å². The number of anilines is 1. The highest BCUT2D eigenvalue weighted by molar-refractivity contribution is 5.88. The molecule has 0 unspecified atom stereocenters. The fourth-order valence-electron chi connectivity index (χ4n) is 2.25. The summed E-state index contributed by atoms with van der Waals surface area (Å²) in [4.78, 5) is 25.2. The molecular weight excluding hydrogens is 320 g/mol. The van der Waals surface area contributed by atoms with Crippen molar-refractivity contribution in [2.75, 3.05) is 18.6 Å². The fraction of sp³-hybridized carbons (Fsp3) is 0.263. The Hall–Kier alpha value is -3.02. The van der Waals surface area contributed by atoms with Gasteiger partial charge in [0.15, 0.2) is 0 Å². The van der Waals surface area contributed by atoms with Crippen LogP contribution in [-0.2, 0) is 22.6 Å². The monoisotopic (exact) mass is 342 g/mol. The summed E-state index contributed by atoms with van der Waals surface area (Å²) >= 11 is 0. The molecule has 0 aliphatic rings. The van der Waals surface area contributed by atoms with Crippen molar-refractivity contribution in [3.05, 3.63) is 65.7 Å². The summed E-state index contributed by atoms with van der Waals surface area (Å²) in [5.41, 5.74) is 2.37. The summed E-state index contributed by atoms with van der Waals surface area (Å²) in [7, 11) is 1.63. The van der Waals surface area contributed by atoms with Crippen LogP contribution < -0.4 is 10.2 Å². The quantitative estimate of drug-likeness (QED) is 0.869. The van der Waals surface area contributed by atoms with E-state index in [1.807, 2.05) is 48.5 Å². The molecule has 0 aromatic heterocycles. The number of para-hydroxylation sites is 1. The first kappa shape index (κ1) is 18.3. The van der Waals surface area contributed by atoms with E-state index in [1.165, 1.54) is 4.90 Å². The van der Waals surface area contributed by atoms with Crippen molar-refractivity contribution in [2.24, 2.45) is 0 Å². The minimum Gasteiger partial charge on any atom is -0.449 e. The molecule has 0 saturated carbocycles. The van der Waals surface area contributed by atoms with Gasteiger partial charge in [0.1, 0.15) is 6.61 Å². The number of hydrogen-bond acceptors (Lipinski definition) is 4. The lowest BCUT2D eigenvalue weighted by Gasteiger charge is -2.20. The molecule has 6 nitrogen and oxygen atoms in total. The number of hydrogen-bond donors (Lipinski definition) is 1. The zero-order chi connectivity index (χ0) is 18.1. The molecule has 0 atom stereocenters. The number of amides is 2. The van der Waals surface area contributed by atoms with Gasteiger partial charge in [-0.3, -0.25) is 4.90 Å². The molecule has 25 heavy (non-hydrogen) atoms. The van der Waals surface area contributed by atoms with Crippen molar-refractivity contribution < 1.29 is 19.1 Å². The predicted octanol–water partition coefficient (Wildman–Crippen LogP) is 3.71. The van der Waals surface area contributed by atoms with Crippen LogP contribution in [0.15, 0.2) is 54.6 Å². The first-order valence-corrected chi connectivity index (χ1v) is 8.04. The van der Waals surface area contributed by atoms with Gasteiger partial charge in [-0.05, 0) is 24.1 Å².